The summed E-state index contributed by atoms with van der Waals surface area (Å²) in [6.45, 7) is 19.7. The molecule has 3 saturated carbocycles. The van der Waals surface area contributed by atoms with Crippen LogP contribution in [0.15, 0.2) is 23.3 Å². The molecule has 6 N–H and O–H groups in total. The van der Waals surface area contributed by atoms with Crippen molar-refractivity contribution in [2.24, 2.45) is 45.3 Å². The highest BCUT2D eigenvalue weighted by Gasteiger charge is 2.72. The maximum Gasteiger partial charge on any atom is 0.303 e. The molecule has 0 unspecified atom stereocenters. The molecule has 5 fully saturated rings. The van der Waals surface area contributed by atoms with Gasteiger partial charge in [0.2, 0.25) is 0 Å². The van der Waals surface area contributed by atoms with Crippen molar-refractivity contribution in [1.29, 1.82) is 0 Å². The van der Waals surface area contributed by atoms with Gasteiger partial charge in [-0.25, -0.2) is 0 Å². The summed E-state index contributed by atoms with van der Waals surface area (Å²) < 4.78 is 35.5. The van der Waals surface area contributed by atoms with Crippen molar-refractivity contribution >= 4 is 11.9 Å². The highest BCUT2D eigenvalue weighted by Crippen LogP contribution is 2.75. The van der Waals surface area contributed by atoms with Gasteiger partial charge in [0.05, 0.1) is 24.9 Å². The van der Waals surface area contributed by atoms with Crippen LogP contribution in [-0.4, -0.2) is 129 Å². The van der Waals surface area contributed by atoms with E-state index >= 15 is 0 Å². The van der Waals surface area contributed by atoms with Crippen molar-refractivity contribution in [1.82, 2.24) is 0 Å². The zero-order valence-corrected chi connectivity index (χ0v) is 36.7. The molecule has 2 saturated heterocycles. The maximum absolute atomic E-state index is 12.6. The summed E-state index contributed by atoms with van der Waals surface area (Å²) in [5.74, 6) is -1.00. The number of ether oxygens (including phenoxy) is 6. The molecule has 0 aromatic carbocycles. The standard InChI is InChI=1S/C45H72O14/c1-22(2)12-11-13-23(3)33-29(57-41-38(53)36(51)34(49)31(58-41)20-54-24(4)46)19-45(10)39-28(48)18-27-26(43(39,8)16-17-44(33,45)9)14-15-32(42(27,6)7)59-40-37(52)35(50)30(21-55-40)56-25(5)47/h12,18,23,26,28-41,48-53H,11,13-17,19-21H2,1-10H3/t23-,26+,28-,29-,30-,31-,32-,33+,34-,35-,36-,37+,38+,39-,40+,41-,43-,44+,45+/m0/s1. The lowest BCUT2D eigenvalue weighted by Gasteiger charge is -2.67. The molecule has 14 heteroatoms. The second kappa shape index (κ2) is 17.3. The molecule has 0 aromatic rings. The first-order chi connectivity index (χ1) is 27.5. The fourth-order valence-electron chi connectivity index (χ4n) is 12.9. The van der Waals surface area contributed by atoms with Gasteiger partial charge in [-0.15, -0.1) is 0 Å². The first-order valence-corrected chi connectivity index (χ1v) is 21.8. The first kappa shape index (κ1) is 46.5. The van der Waals surface area contributed by atoms with Gasteiger partial charge in [-0.05, 0) is 92.8 Å². The molecule has 336 valence electrons. The third-order valence-electron chi connectivity index (χ3n) is 16.0. The van der Waals surface area contributed by atoms with Gasteiger partial charge in [0, 0.05) is 25.2 Å². The fraction of sp³-hybridized carbons (Fsp3) is 0.867. The normalized spacial score (nSPS) is 47.1. The Bertz CT molecular complexity index is 1590. The molecule has 2 aliphatic heterocycles. The van der Waals surface area contributed by atoms with Crippen LogP contribution in [0, 0.1) is 45.3 Å². The second-order valence-electron chi connectivity index (χ2n) is 20.3. The van der Waals surface area contributed by atoms with Crippen molar-refractivity contribution in [3.63, 3.8) is 0 Å². The Morgan fingerprint density at radius 1 is 0.831 bits per heavy atom. The molecule has 4 aliphatic carbocycles. The molecule has 6 rings (SSSR count). The van der Waals surface area contributed by atoms with Crippen molar-refractivity contribution in [2.45, 2.75) is 188 Å². The Labute approximate surface area is 349 Å². The summed E-state index contributed by atoms with van der Waals surface area (Å²) in [5.41, 5.74) is 0.736. The van der Waals surface area contributed by atoms with Crippen LogP contribution in [0.4, 0.5) is 0 Å². The number of aliphatic hydroxyl groups excluding tert-OH is 6. The van der Waals surface area contributed by atoms with Crippen molar-refractivity contribution in [3.8, 4) is 0 Å². The zero-order valence-electron chi connectivity index (χ0n) is 36.7. The van der Waals surface area contributed by atoms with Crippen LogP contribution >= 0.6 is 0 Å². The molecule has 6 aliphatic rings. The summed E-state index contributed by atoms with van der Waals surface area (Å²) in [5, 5.41) is 67.2. The van der Waals surface area contributed by atoms with Gasteiger partial charge in [0.25, 0.3) is 0 Å². The van der Waals surface area contributed by atoms with Crippen LogP contribution in [0.2, 0.25) is 0 Å². The number of esters is 2. The summed E-state index contributed by atoms with van der Waals surface area (Å²) in [6, 6.07) is 0. The van der Waals surface area contributed by atoms with Gasteiger partial charge < -0.3 is 59.1 Å². The van der Waals surface area contributed by atoms with E-state index in [1.807, 2.05) is 6.08 Å². The molecular weight excluding hydrogens is 764 g/mol. The molecule has 59 heavy (non-hydrogen) atoms. The van der Waals surface area contributed by atoms with Gasteiger partial charge in [0.1, 0.15) is 43.2 Å². The third kappa shape index (κ3) is 8.34. The van der Waals surface area contributed by atoms with Crippen molar-refractivity contribution in [3.05, 3.63) is 23.3 Å². The Morgan fingerprint density at radius 2 is 1.51 bits per heavy atom. The van der Waals surface area contributed by atoms with E-state index in [9.17, 15) is 40.2 Å². The topological polar surface area (TPSA) is 211 Å². The largest absolute Gasteiger partial charge is 0.463 e. The number of aliphatic hydroxyl groups is 6. The molecule has 19 atom stereocenters. The van der Waals surface area contributed by atoms with E-state index in [2.05, 4.69) is 61.5 Å². The Balaban J connectivity index is 1.29. The van der Waals surface area contributed by atoms with E-state index < -0.39 is 96.4 Å². The van der Waals surface area contributed by atoms with Gasteiger partial charge in [0.15, 0.2) is 18.7 Å². The smallest absolute Gasteiger partial charge is 0.303 e. The van der Waals surface area contributed by atoms with Crippen LogP contribution in [0.5, 0.6) is 0 Å². The molecule has 2 heterocycles. The fourth-order valence-corrected chi connectivity index (χ4v) is 12.9. The SMILES string of the molecule is CC(=O)OC[C@@H]1O[C@H](O[C@H]2C[C@]3(C)[C@H]4[C@@H](O)C=C5[C@@H](CC[C@H](O[C@H]6OC[C@H](OC(C)=O)[C@H](O)[C@H]6O)C5(C)C)[C@]4(C)CC[C@]3(C)[C@@H]2[C@@H](C)CCC=C(C)C)[C@H](O)[C@@H](O)[C@H]1O. The Hall–Kier alpha value is -1.98. The summed E-state index contributed by atoms with van der Waals surface area (Å²) >= 11 is 0. The number of rotatable bonds is 11. The van der Waals surface area contributed by atoms with Crippen LogP contribution in [-0.2, 0) is 38.0 Å². The number of fused-ring (bicyclic) bond motifs is 5. The summed E-state index contributed by atoms with van der Waals surface area (Å²) in [7, 11) is 0. The lowest BCUT2D eigenvalue weighted by Crippen LogP contribution is -2.63. The minimum Gasteiger partial charge on any atom is -0.463 e. The Kier molecular flexibility index (Phi) is 13.6. The van der Waals surface area contributed by atoms with Gasteiger partial charge in [-0.3, -0.25) is 9.59 Å². The van der Waals surface area contributed by atoms with Crippen LogP contribution < -0.4 is 0 Å². The van der Waals surface area contributed by atoms with E-state index in [1.165, 1.54) is 19.4 Å². The van der Waals surface area contributed by atoms with Gasteiger partial charge >= 0.3 is 11.9 Å². The number of carbonyl (C=O) groups is 2. The third-order valence-corrected chi connectivity index (χ3v) is 16.0. The van der Waals surface area contributed by atoms with E-state index in [1.54, 1.807) is 0 Å². The lowest BCUT2D eigenvalue weighted by molar-refractivity contribution is -0.316. The molecular formula is C45H72O14. The number of allylic oxidation sites excluding steroid dienone is 2. The van der Waals surface area contributed by atoms with E-state index in [0.29, 0.717) is 12.8 Å². The van der Waals surface area contributed by atoms with E-state index in [4.69, 9.17) is 28.4 Å². The Morgan fingerprint density at radius 3 is 2.15 bits per heavy atom. The van der Waals surface area contributed by atoms with E-state index in [-0.39, 0.29) is 47.7 Å². The lowest BCUT2D eigenvalue weighted by atomic mass is 9.38. The quantitative estimate of drug-likeness (QED) is 0.130. The molecule has 0 amide bonds. The highest BCUT2D eigenvalue weighted by molar-refractivity contribution is 5.66. The molecule has 0 bridgehead atoms. The zero-order chi connectivity index (χ0) is 43.6. The van der Waals surface area contributed by atoms with Gasteiger partial charge in [-0.2, -0.15) is 0 Å². The van der Waals surface area contributed by atoms with Gasteiger partial charge in [-0.1, -0.05) is 64.8 Å². The molecule has 0 radical (unpaired) electrons. The maximum atomic E-state index is 12.6. The number of hydrogen-bond acceptors (Lipinski definition) is 14. The number of carbonyl (C=O) groups excluding carboxylic acids is 2. The van der Waals surface area contributed by atoms with Crippen molar-refractivity contribution < 1.29 is 68.6 Å². The molecule has 14 nitrogen and oxygen atoms in total. The van der Waals surface area contributed by atoms with Crippen LogP contribution in [0.1, 0.15) is 114 Å². The van der Waals surface area contributed by atoms with Crippen LogP contribution in [0.3, 0.4) is 0 Å². The number of hydrogen-bond donors (Lipinski definition) is 6. The summed E-state index contributed by atoms with van der Waals surface area (Å²) in [4.78, 5) is 23.2. The second-order valence-corrected chi connectivity index (χ2v) is 20.3. The minimum absolute atomic E-state index is 0.00908. The predicted octanol–water partition coefficient (Wildman–Crippen LogP) is 3.71. The minimum atomic E-state index is -1.58. The first-order valence-electron chi connectivity index (χ1n) is 21.8. The van der Waals surface area contributed by atoms with E-state index in [0.717, 1.165) is 37.7 Å². The average Bonchev–Trinajstić information content (AvgIpc) is 3.37. The summed E-state index contributed by atoms with van der Waals surface area (Å²) in [6.07, 6.45) is -3.72. The van der Waals surface area contributed by atoms with Crippen molar-refractivity contribution in [2.75, 3.05) is 13.2 Å². The van der Waals surface area contributed by atoms with Crippen LogP contribution in [0.25, 0.3) is 0 Å². The monoisotopic (exact) mass is 836 g/mol. The predicted molar refractivity (Wildman–Crippen MR) is 214 cm³/mol. The average molecular weight is 837 g/mol. The molecule has 0 aromatic heterocycles. The molecule has 0 spiro atoms. The highest BCUT2D eigenvalue weighted by atomic mass is 16.7.